The van der Waals surface area contributed by atoms with Crippen LogP contribution in [0.5, 0.6) is 5.75 Å². The van der Waals surface area contributed by atoms with Gasteiger partial charge in [-0.2, -0.15) is 4.72 Å². The summed E-state index contributed by atoms with van der Waals surface area (Å²) < 4.78 is 33.5. The lowest BCUT2D eigenvalue weighted by Gasteiger charge is -2.19. The summed E-state index contributed by atoms with van der Waals surface area (Å²) in [6, 6.07) is 12.6. The second-order valence-corrected chi connectivity index (χ2v) is 8.07. The van der Waals surface area contributed by atoms with Crippen LogP contribution in [0, 0.1) is 0 Å². The number of carbonyl (C=O) groups is 1. The van der Waals surface area contributed by atoms with E-state index in [-0.39, 0.29) is 28.0 Å². The van der Waals surface area contributed by atoms with E-state index >= 15 is 0 Å². The van der Waals surface area contributed by atoms with Crippen LogP contribution in [-0.2, 0) is 21.2 Å². The molecular formula is C19H23ClN2O4S. The van der Waals surface area contributed by atoms with E-state index in [4.69, 9.17) is 16.3 Å². The van der Waals surface area contributed by atoms with Gasteiger partial charge in [-0.25, -0.2) is 8.42 Å². The van der Waals surface area contributed by atoms with Gasteiger partial charge in [0.25, 0.3) is 0 Å². The van der Waals surface area contributed by atoms with Crippen molar-refractivity contribution in [3.05, 3.63) is 59.1 Å². The first-order chi connectivity index (χ1) is 12.9. The first-order valence-corrected chi connectivity index (χ1v) is 10.4. The molecule has 1 amide bonds. The third-order valence-electron chi connectivity index (χ3n) is 3.86. The highest BCUT2D eigenvalue weighted by molar-refractivity contribution is 7.89. The number of hydrogen-bond acceptors (Lipinski definition) is 4. The van der Waals surface area contributed by atoms with Crippen LogP contribution >= 0.6 is 11.6 Å². The highest BCUT2D eigenvalue weighted by Crippen LogP contribution is 2.27. The summed E-state index contributed by atoms with van der Waals surface area (Å²) in [5, 5.41) is 3.00. The van der Waals surface area contributed by atoms with Gasteiger partial charge in [0.1, 0.15) is 16.7 Å². The van der Waals surface area contributed by atoms with E-state index in [1.807, 2.05) is 37.3 Å². The van der Waals surface area contributed by atoms with Crippen LogP contribution < -0.4 is 14.8 Å². The zero-order valence-electron chi connectivity index (χ0n) is 15.2. The quantitative estimate of drug-likeness (QED) is 0.665. The molecule has 2 aromatic carbocycles. The van der Waals surface area contributed by atoms with E-state index in [1.54, 1.807) is 0 Å². The maximum absolute atomic E-state index is 12.9. The molecule has 2 rings (SSSR count). The van der Waals surface area contributed by atoms with Crippen LogP contribution in [0.4, 0.5) is 0 Å². The lowest BCUT2D eigenvalue weighted by molar-refractivity contribution is -0.122. The molecule has 0 radical (unpaired) electrons. The van der Waals surface area contributed by atoms with Crippen LogP contribution in [0.15, 0.2) is 53.4 Å². The van der Waals surface area contributed by atoms with Crippen molar-refractivity contribution >= 4 is 27.5 Å². The third kappa shape index (κ3) is 5.95. The largest absolute Gasteiger partial charge is 0.495 e. The molecule has 1 atom stereocenters. The number of amides is 1. The molecule has 0 aliphatic rings. The van der Waals surface area contributed by atoms with Gasteiger partial charge in [0.15, 0.2) is 0 Å². The van der Waals surface area contributed by atoms with E-state index in [2.05, 4.69) is 10.0 Å². The number of nitrogens with one attached hydrogen (secondary N) is 2. The summed E-state index contributed by atoms with van der Waals surface area (Å²) in [5.74, 6) is -0.232. The first-order valence-electron chi connectivity index (χ1n) is 8.55. The highest BCUT2D eigenvalue weighted by atomic mass is 35.5. The number of sulfonamides is 1. The fourth-order valence-corrected chi connectivity index (χ4v) is 4.15. The summed E-state index contributed by atoms with van der Waals surface area (Å²) in [7, 11) is -2.66. The molecule has 0 saturated heterocycles. The summed E-state index contributed by atoms with van der Waals surface area (Å²) >= 11 is 5.95. The van der Waals surface area contributed by atoms with Crippen LogP contribution in [0.25, 0.3) is 0 Å². The van der Waals surface area contributed by atoms with Crippen molar-refractivity contribution < 1.29 is 17.9 Å². The SMILES string of the molecule is CCCNC(=O)[C@@H](Cc1ccccc1)NS(=O)(=O)c1cc(Cl)ccc1OC. The van der Waals surface area contributed by atoms with Gasteiger partial charge in [0, 0.05) is 11.6 Å². The van der Waals surface area contributed by atoms with Gasteiger partial charge in [-0.1, -0.05) is 48.9 Å². The number of ether oxygens (including phenoxy) is 1. The number of carbonyl (C=O) groups excluding carboxylic acids is 1. The Morgan fingerprint density at radius 2 is 1.89 bits per heavy atom. The Balaban J connectivity index is 2.32. The normalized spacial score (nSPS) is 12.4. The zero-order valence-corrected chi connectivity index (χ0v) is 16.8. The maximum atomic E-state index is 12.9. The van der Waals surface area contributed by atoms with Gasteiger partial charge in [0.05, 0.1) is 7.11 Å². The fourth-order valence-electron chi connectivity index (χ4n) is 2.52. The Labute approximate surface area is 164 Å². The fraction of sp³-hybridized carbons (Fsp3) is 0.316. The van der Waals surface area contributed by atoms with Gasteiger partial charge < -0.3 is 10.1 Å². The van der Waals surface area contributed by atoms with Gasteiger partial charge >= 0.3 is 0 Å². The minimum atomic E-state index is -4.04. The first kappa shape index (κ1) is 21.2. The van der Waals surface area contributed by atoms with E-state index in [9.17, 15) is 13.2 Å². The molecule has 0 aliphatic heterocycles. The molecule has 8 heteroatoms. The minimum Gasteiger partial charge on any atom is -0.495 e. The van der Waals surface area contributed by atoms with E-state index in [1.165, 1.54) is 25.3 Å². The van der Waals surface area contributed by atoms with Crippen LogP contribution in [0.1, 0.15) is 18.9 Å². The topological polar surface area (TPSA) is 84.5 Å². The van der Waals surface area contributed by atoms with Crippen LogP contribution in [0.2, 0.25) is 5.02 Å². The minimum absolute atomic E-state index is 0.112. The van der Waals surface area contributed by atoms with Gasteiger partial charge in [0.2, 0.25) is 15.9 Å². The number of hydrogen-bond donors (Lipinski definition) is 2. The molecule has 0 saturated carbocycles. The Bertz CT molecular complexity index is 873. The molecule has 146 valence electrons. The predicted octanol–water partition coefficient (Wildman–Crippen LogP) is 2.76. The summed E-state index contributed by atoms with van der Waals surface area (Å²) in [6.45, 7) is 2.39. The van der Waals surface area contributed by atoms with Crippen LogP contribution in [0.3, 0.4) is 0 Å². The Kier molecular flexibility index (Phi) is 7.65. The molecule has 0 aliphatic carbocycles. The van der Waals surface area contributed by atoms with E-state index in [0.29, 0.717) is 6.54 Å². The maximum Gasteiger partial charge on any atom is 0.245 e. The monoisotopic (exact) mass is 410 g/mol. The molecule has 2 aromatic rings. The Hall–Kier alpha value is -2.09. The van der Waals surface area contributed by atoms with Crippen molar-refractivity contribution in [1.29, 1.82) is 0 Å². The molecule has 0 unspecified atom stereocenters. The van der Waals surface area contributed by atoms with Crippen molar-refractivity contribution in [2.24, 2.45) is 0 Å². The van der Waals surface area contributed by atoms with Gasteiger partial charge in [-0.15, -0.1) is 0 Å². The molecular weight excluding hydrogens is 388 g/mol. The molecule has 0 heterocycles. The molecule has 0 spiro atoms. The molecule has 27 heavy (non-hydrogen) atoms. The summed E-state index contributed by atoms with van der Waals surface area (Å²) in [6.07, 6.45) is 0.969. The number of rotatable bonds is 9. The second-order valence-electron chi connectivity index (χ2n) is 5.95. The summed E-state index contributed by atoms with van der Waals surface area (Å²) in [5.41, 5.74) is 0.843. The molecule has 2 N–H and O–H groups in total. The lowest BCUT2D eigenvalue weighted by Crippen LogP contribution is -2.48. The predicted molar refractivity (Wildman–Crippen MR) is 106 cm³/mol. The Morgan fingerprint density at radius 3 is 2.52 bits per heavy atom. The van der Waals surface area contributed by atoms with E-state index < -0.39 is 16.1 Å². The van der Waals surface area contributed by atoms with E-state index in [0.717, 1.165) is 12.0 Å². The van der Waals surface area contributed by atoms with Crippen molar-refractivity contribution in [2.75, 3.05) is 13.7 Å². The molecule has 0 bridgehead atoms. The smallest absolute Gasteiger partial charge is 0.245 e. The highest BCUT2D eigenvalue weighted by Gasteiger charge is 2.28. The number of halogens is 1. The van der Waals surface area contributed by atoms with Crippen molar-refractivity contribution in [3.8, 4) is 5.75 Å². The Morgan fingerprint density at radius 1 is 1.19 bits per heavy atom. The average Bonchev–Trinajstić information content (AvgIpc) is 2.66. The number of methoxy groups -OCH3 is 1. The van der Waals surface area contributed by atoms with Gasteiger partial charge in [-0.05, 0) is 36.6 Å². The van der Waals surface area contributed by atoms with Crippen LogP contribution in [-0.4, -0.2) is 34.0 Å². The lowest BCUT2D eigenvalue weighted by atomic mass is 10.1. The third-order valence-corrected chi connectivity index (χ3v) is 5.59. The standard InChI is InChI=1S/C19H23ClN2O4S/c1-3-11-21-19(23)16(12-14-7-5-4-6-8-14)22-27(24,25)18-13-15(20)9-10-17(18)26-2/h4-10,13,16,22H,3,11-12H2,1-2H3,(H,21,23)/t16-/m1/s1. The van der Waals surface area contributed by atoms with Crippen molar-refractivity contribution in [3.63, 3.8) is 0 Å². The number of benzene rings is 2. The molecule has 6 nitrogen and oxygen atoms in total. The molecule has 0 aromatic heterocycles. The molecule has 0 fully saturated rings. The van der Waals surface area contributed by atoms with Crippen molar-refractivity contribution in [2.45, 2.75) is 30.7 Å². The second kappa shape index (κ2) is 9.73. The van der Waals surface area contributed by atoms with Gasteiger partial charge in [-0.3, -0.25) is 4.79 Å². The van der Waals surface area contributed by atoms with Crippen molar-refractivity contribution in [1.82, 2.24) is 10.0 Å². The summed E-state index contributed by atoms with van der Waals surface area (Å²) in [4.78, 5) is 12.4. The average molecular weight is 411 g/mol. The zero-order chi connectivity index (χ0) is 19.9.